The Bertz CT molecular complexity index is 950. The Morgan fingerprint density at radius 1 is 1.03 bits per heavy atom. The Labute approximate surface area is 190 Å². The number of carbonyl (C=O) groups excluding carboxylic acids is 2. The van der Waals surface area contributed by atoms with Gasteiger partial charge in [0, 0.05) is 13.0 Å². The number of ether oxygens (including phenoxy) is 2. The summed E-state index contributed by atoms with van der Waals surface area (Å²) in [5.74, 6) is -0.0255. The summed E-state index contributed by atoms with van der Waals surface area (Å²) in [5.41, 5.74) is 3.60. The highest BCUT2D eigenvalue weighted by molar-refractivity contribution is 5.77. The molecular weight excluding hydrogens is 408 g/mol. The van der Waals surface area contributed by atoms with Crippen LogP contribution in [0.3, 0.4) is 0 Å². The van der Waals surface area contributed by atoms with E-state index >= 15 is 0 Å². The van der Waals surface area contributed by atoms with Gasteiger partial charge < -0.3 is 25.2 Å². The van der Waals surface area contributed by atoms with Crippen molar-refractivity contribution in [2.24, 2.45) is 5.41 Å². The van der Waals surface area contributed by atoms with E-state index in [1.54, 1.807) is 32.9 Å². The van der Waals surface area contributed by atoms with Crippen LogP contribution in [0.5, 0.6) is 11.5 Å². The van der Waals surface area contributed by atoms with Crippen molar-refractivity contribution >= 4 is 12.0 Å². The number of phenols is 1. The summed E-state index contributed by atoms with van der Waals surface area (Å²) in [5, 5.41) is 15.2. The summed E-state index contributed by atoms with van der Waals surface area (Å²) in [6, 6.07) is 10.6. The minimum atomic E-state index is -0.766. The highest BCUT2D eigenvalue weighted by Gasteiger charge is 2.27. The molecule has 0 aliphatic carbocycles. The summed E-state index contributed by atoms with van der Waals surface area (Å²) in [6.07, 6.45) is 0.335. The second-order valence-corrected chi connectivity index (χ2v) is 8.93. The summed E-state index contributed by atoms with van der Waals surface area (Å²) < 4.78 is 10.7. The van der Waals surface area contributed by atoms with Gasteiger partial charge in [0.25, 0.3) is 0 Å². The van der Waals surface area contributed by atoms with E-state index in [0.29, 0.717) is 18.6 Å². The van der Waals surface area contributed by atoms with Crippen LogP contribution in [-0.4, -0.2) is 30.4 Å². The van der Waals surface area contributed by atoms with Gasteiger partial charge in [0.15, 0.2) is 17.7 Å². The Hall–Kier alpha value is -3.22. The van der Waals surface area contributed by atoms with E-state index < -0.39 is 17.7 Å². The number of phenolic OH excluding ortho intramolecular Hbond substituents is 1. The molecule has 0 fully saturated rings. The SMILES string of the molecule is COc1cc(CNC(=O)NC(CCc2ccc(C)c(C)c2)OC(=O)C(C)(C)C)ccc1O. The number of carbonyl (C=O) groups is 2. The molecule has 0 saturated heterocycles. The predicted octanol–water partition coefficient (Wildman–Crippen LogP) is 4.37. The number of urea groups is 1. The number of aromatic hydroxyl groups is 1. The van der Waals surface area contributed by atoms with Crippen LogP contribution in [0.15, 0.2) is 36.4 Å². The van der Waals surface area contributed by atoms with Crippen molar-refractivity contribution in [1.82, 2.24) is 10.6 Å². The van der Waals surface area contributed by atoms with Gasteiger partial charge in [-0.05, 0) is 75.4 Å². The first kappa shape index (κ1) is 25.0. The lowest BCUT2D eigenvalue weighted by molar-refractivity contribution is -0.159. The normalized spacial score (nSPS) is 12.1. The zero-order chi connectivity index (χ0) is 23.9. The third-order valence-corrected chi connectivity index (χ3v) is 5.12. The monoisotopic (exact) mass is 442 g/mol. The first-order valence-electron chi connectivity index (χ1n) is 10.7. The summed E-state index contributed by atoms with van der Waals surface area (Å²) in [6.45, 7) is 9.65. The molecule has 3 N–H and O–H groups in total. The molecule has 1 atom stereocenters. The maximum absolute atomic E-state index is 12.5. The molecule has 0 spiro atoms. The number of hydrogen-bond acceptors (Lipinski definition) is 5. The van der Waals surface area contributed by atoms with Crippen molar-refractivity contribution in [2.45, 2.75) is 60.2 Å². The molecule has 0 saturated carbocycles. The smallest absolute Gasteiger partial charge is 0.317 e. The van der Waals surface area contributed by atoms with Gasteiger partial charge in [0.2, 0.25) is 0 Å². The molecule has 7 heteroatoms. The second-order valence-electron chi connectivity index (χ2n) is 8.93. The van der Waals surface area contributed by atoms with E-state index in [9.17, 15) is 14.7 Å². The quantitative estimate of drug-likeness (QED) is 0.417. The average Bonchev–Trinajstić information content (AvgIpc) is 2.73. The molecule has 0 aliphatic heterocycles. The van der Waals surface area contributed by atoms with Crippen LogP contribution in [0.25, 0.3) is 0 Å². The third kappa shape index (κ3) is 7.48. The van der Waals surface area contributed by atoms with Crippen molar-refractivity contribution in [2.75, 3.05) is 7.11 Å². The Balaban J connectivity index is 2.01. The second kappa shape index (κ2) is 10.9. The van der Waals surface area contributed by atoms with E-state index in [1.165, 1.54) is 24.3 Å². The van der Waals surface area contributed by atoms with Crippen molar-refractivity contribution in [1.29, 1.82) is 0 Å². The highest BCUT2D eigenvalue weighted by Crippen LogP contribution is 2.26. The fraction of sp³-hybridized carbons (Fsp3) is 0.440. The van der Waals surface area contributed by atoms with Gasteiger partial charge in [0.05, 0.1) is 12.5 Å². The number of amides is 2. The molecule has 2 aromatic rings. The third-order valence-electron chi connectivity index (χ3n) is 5.12. The van der Waals surface area contributed by atoms with E-state index in [2.05, 4.69) is 36.6 Å². The number of esters is 1. The molecule has 0 aromatic heterocycles. The molecule has 0 radical (unpaired) electrons. The lowest BCUT2D eigenvalue weighted by Gasteiger charge is -2.24. The molecule has 174 valence electrons. The van der Waals surface area contributed by atoms with Gasteiger partial charge in [-0.2, -0.15) is 0 Å². The number of hydrogen-bond donors (Lipinski definition) is 3. The molecule has 0 heterocycles. The molecule has 0 aliphatic rings. The van der Waals surface area contributed by atoms with Gasteiger partial charge in [-0.1, -0.05) is 24.3 Å². The van der Waals surface area contributed by atoms with Gasteiger partial charge in [-0.15, -0.1) is 0 Å². The number of benzene rings is 2. The maximum atomic E-state index is 12.5. The standard InChI is InChI=1S/C25H34N2O5/c1-16-7-8-18(13-17(16)2)10-12-22(32-23(29)25(3,4)5)27-24(30)26-15-19-9-11-20(28)21(14-19)31-6/h7-9,11,13-14,22,28H,10,12,15H2,1-6H3,(H2,26,27,30). The molecule has 0 bridgehead atoms. The molecule has 1 unspecified atom stereocenters. The van der Waals surface area contributed by atoms with Crippen LogP contribution < -0.4 is 15.4 Å². The van der Waals surface area contributed by atoms with Crippen LogP contribution >= 0.6 is 0 Å². The topological polar surface area (TPSA) is 96.9 Å². The van der Waals surface area contributed by atoms with Crippen LogP contribution in [0, 0.1) is 19.3 Å². The largest absolute Gasteiger partial charge is 0.504 e. The molecule has 2 aromatic carbocycles. The van der Waals surface area contributed by atoms with E-state index in [0.717, 1.165) is 11.1 Å². The lowest BCUT2D eigenvalue weighted by atomic mass is 9.97. The molecule has 2 rings (SSSR count). The Kier molecular flexibility index (Phi) is 8.52. The number of aryl methyl sites for hydroxylation is 3. The van der Waals surface area contributed by atoms with Crippen molar-refractivity contribution < 1.29 is 24.2 Å². The predicted molar refractivity (Wildman–Crippen MR) is 124 cm³/mol. The zero-order valence-corrected chi connectivity index (χ0v) is 19.7. The molecular formula is C25H34N2O5. The fourth-order valence-electron chi connectivity index (χ4n) is 2.93. The zero-order valence-electron chi connectivity index (χ0n) is 19.7. The summed E-state index contributed by atoms with van der Waals surface area (Å²) in [4.78, 5) is 24.9. The minimum Gasteiger partial charge on any atom is -0.504 e. The van der Waals surface area contributed by atoms with Crippen molar-refractivity contribution in [3.05, 3.63) is 58.7 Å². The number of rotatable bonds is 8. The summed E-state index contributed by atoms with van der Waals surface area (Å²) >= 11 is 0. The molecule has 7 nitrogen and oxygen atoms in total. The number of methoxy groups -OCH3 is 1. The average molecular weight is 443 g/mol. The lowest BCUT2D eigenvalue weighted by Crippen LogP contribution is -2.45. The first-order valence-corrected chi connectivity index (χ1v) is 10.7. The van der Waals surface area contributed by atoms with Crippen molar-refractivity contribution in [3.8, 4) is 11.5 Å². The molecule has 2 amide bonds. The van der Waals surface area contributed by atoms with Crippen LogP contribution in [0.4, 0.5) is 4.79 Å². The fourth-order valence-corrected chi connectivity index (χ4v) is 2.93. The van der Waals surface area contributed by atoms with E-state index in [1.807, 2.05) is 6.07 Å². The van der Waals surface area contributed by atoms with Gasteiger partial charge in [-0.3, -0.25) is 4.79 Å². The Morgan fingerprint density at radius 2 is 1.72 bits per heavy atom. The van der Waals surface area contributed by atoms with Gasteiger partial charge >= 0.3 is 12.0 Å². The first-order chi connectivity index (χ1) is 15.0. The van der Waals surface area contributed by atoms with E-state index in [4.69, 9.17) is 9.47 Å². The number of nitrogens with one attached hydrogen (secondary N) is 2. The molecule has 32 heavy (non-hydrogen) atoms. The minimum absolute atomic E-state index is 0.0289. The van der Waals surface area contributed by atoms with Crippen LogP contribution in [0.1, 0.15) is 49.4 Å². The Morgan fingerprint density at radius 3 is 2.34 bits per heavy atom. The van der Waals surface area contributed by atoms with Gasteiger partial charge in [0.1, 0.15) is 0 Å². The summed E-state index contributed by atoms with van der Waals surface area (Å²) in [7, 11) is 1.46. The highest BCUT2D eigenvalue weighted by atomic mass is 16.6. The van der Waals surface area contributed by atoms with Crippen LogP contribution in [-0.2, 0) is 22.5 Å². The van der Waals surface area contributed by atoms with Crippen molar-refractivity contribution in [3.63, 3.8) is 0 Å². The van der Waals surface area contributed by atoms with E-state index in [-0.39, 0.29) is 18.3 Å². The van der Waals surface area contributed by atoms with Gasteiger partial charge in [-0.25, -0.2) is 4.79 Å². The van der Waals surface area contributed by atoms with Crippen LogP contribution in [0.2, 0.25) is 0 Å². The maximum Gasteiger partial charge on any atom is 0.317 e.